The van der Waals surface area contributed by atoms with E-state index in [9.17, 15) is 9.18 Å². The van der Waals surface area contributed by atoms with E-state index in [4.69, 9.17) is 9.47 Å². The first-order chi connectivity index (χ1) is 12.6. The molecule has 1 amide bonds. The van der Waals surface area contributed by atoms with E-state index >= 15 is 0 Å². The molecule has 26 heavy (non-hydrogen) atoms. The summed E-state index contributed by atoms with van der Waals surface area (Å²) < 4.78 is 24.1. The monoisotopic (exact) mass is 355 g/mol. The average molecular weight is 355 g/mol. The topological polar surface area (TPSA) is 38.8 Å². The second-order valence-corrected chi connectivity index (χ2v) is 6.19. The molecule has 1 fully saturated rings. The molecule has 0 aromatic heterocycles. The van der Waals surface area contributed by atoms with Gasteiger partial charge in [-0.05, 0) is 54.8 Å². The van der Waals surface area contributed by atoms with E-state index in [-0.39, 0.29) is 17.8 Å². The van der Waals surface area contributed by atoms with Crippen molar-refractivity contribution in [2.24, 2.45) is 0 Å². The fourth-order valence-electron chi connectivity index (χ4n) is 3.33. The lowest BCUT2D eigenvalue weighted by atomic mass is 10.0. The van der Waals surface area contributed by atoms with E-state index in [2.05, 4.69) is 0 Å². The van der Waals surface area contributed by atoms with Crippen molar-refractivity contribution in [2.45, 2.75) is 18.9 Å². The Hall–Kier alpha value is -2.82. The largest absolute Gasteiger partial charge is 0.497 e. The van der Waals surface area contributed by atoms with Gasteiger partial charge in [-0.25, -0.2) is 4.39 Å². The number of nitrogens with zero attached hydrogens (tertiary/aromatic N) is 1. The first-order valence-corrected chi connectivity index (χ1v) is 8.58. The van der Waals surface area contributed by atoms with Gasteiger partial charge in [0.2, 0.25) is 5.91 Å². The van der Waals surface area contributed by atoms with Crippen molar-refractivity contribution in [2.75, 3.05) is 20.8 Å². The van der Waals surface area contributed by atoms with Crippen LogP contribution in [-0.2, 0) is 4.79 Å². The summed E-state index contributed by atoms with van der Waals surface area (Å²) in [5.74, 6) is 1.06. The van der Waals surface area contributed by atoms with Crippen LogP contribution in [0.5, 0.6) is 11.5 Å². The van der Waals surface area contributed by atoms with E-state index in [1.807, 2.05) is 23.1 Å². The van der Waals surface area contributed by atoms with Crippen molar-refractivity contribution in [1.29, 1.82) is 0 Å². The van der Waals surface area contributed by atoms with Gasteiger partial charge >= 0.3 is 0 Å². The van der Waals surface area contributed by atoms with Crippen LogP contribution in [0, 0.1) is 5.82 Å². The minimum absolute atomic E-state index is 0.0651. The smallest absolute Gasteiger partial charge is 0.247 e. The molecule has 0 aliphatic carbocycles. The third-order valence-corrected chi connectivity index (χ3v) is 4.60. The standard InChI is InChI=1S/C21H22FNO3/c1-25-17-9-10-20(26-2)18(14-17)19-7-4-12-23(19)21(24)11-8-15-5-3-6-16(22)13-15/h3,5-6,8-11,13-14,19H,4,7,12H2,1-2H3. The molecule has 1 aliphatic heterocycles. The van der Waals surface area contributed by atoms with Crippen LogP contribution in [0.4, 0.5) is 4.39 Å². The highest BCUT2D eigenvalue weighted by Gasteiger charge is 2.31. The molecule has 0 N–H and O–H groups in total. The van der Waals surface area contributed by atoms with Crippen LogP contribution in [0.15, 0.2) is 48.5 Å². The molecule has 0 radical (unpaired) electrons. The number of halogens is 1. The summed E-state index contributed by atoms with van der Waals surface area (Å²) in [4.78, 5) is 14.5. The number of amides is 1. The minimum Gasteiger partial charge on any atom is -0.497 e. The highest BCUT2D eigenvalue weighted by atomic mass is 19.1. The summed E-state index contributed by atoms with van der Waals surface area (Å²) in [7, 11) is 3.24. The Morgan fingerprint density at radius 2 is 2.04 bits per heavy atom. The van der Waals surface area contributed by atoms with Gasteiger partial charge in [-0.15, -0.1) is 0 Å². The van der Waals surface area contributed by atoms with Gasteiger partial charge in [-0.3, -0.25) is 4.79 Å². The lowest BCUT2D eigenvalue weighted by molar-refractivity contribution is -0.126. The highest BCUT2D eigenvalue weighted by Crippen LogP contribution is 2.39. The Kier molecular flexibility index (Phi) is 5.56. The summed E-state index contributed by atoms with van der Waals surface area (Å²) in [6, 6.07) is 11.7. The molecule has 1 unspecified atom stereocenters. The number of hydrogen-bond acceptors (Lipinski definition) is 3. The molecule has 136 valence electrons. The maximum Gasteiger partial charge on any atom is 0.247 e. The molecule has 1 aliphatic rings. The summed E-state index contributed by atoms with van der Waals surface area (Å²) in [5.41, 5.74) is 1.60. The fraction of sp³-hybridized carbons (Fsp3) is 0.286. The van der Waals surface area contributed by atoms with Crippen LogP contribution in [0.2, 0.25) is 0 Å². The number of rotatable bonds is 5. The Morgan fingerprint density at radius 3 is 2.77 bits per heavy atom. The van der Waals surface area contributed by atoms with Crippen molar-refractivity contribution in [3.05, 3.63) is 65.5 Å². The second-order valence-electron chi connectivity index (χ2n) is 6.19. The number of benzene rings is 2. The average Bonchev–Trinajstić information content (AvgIpc) is 3.15. The number of carbonyl (C=O) groups is 1. The normalized spacial score (nSPS) is 16.9. The van der Waals surface area contributed by atoms with E-state index in [1.54, 1.807) is 32.4 Å². The lowest BCUT2D eigenvalue weighted by Gasteiger charge is -2.25. The van der Waals surface area contributed by atoms with Crippen LogP contribution >= 0.6 is 0 Å². The predicted molar refractivity (Wildman–Crippen MR) is 98.7 cm³/mol. The van der Waals surface area contributed by atoms with E-state index in [0.29, 0.717) is 12.1 Å². The Morgan fingerprint density at radius 1 is 1.19 bits per heavy atom. The summed E-state index contributed by atoms with van der Waals surface area (Å²) in [5, 5.41) is 0. The van der Waals surface area contributed by atoms with Gasteiger partial charge < -0.3 is 14.4 Å². The van der Waals surface area contributed by atoms with E-state index in [0.717, 1.165) is 29.9 Å². The van der Waals surface area contributed by atoms with E-state index in [1.165, 1.54) is 18.2 Å². The predicted octanol–water partition coefficient (Wildman–Crippen LogP) is 4.22. The fourth-order valence-corrected chi connectivity index (χ4v) is 3.33. The molecule has 2 aromatic rings. The number of likely N-dealkylation sites (tertiary alicyclic amines) is 1. The van der Waals surface area contributed by atoms with Crippen LogP contribution in [-0.4, -0.2) is 31.6 Å². The third kappa shape index (κ3) is 3.87. The Labute approximate surface area is 152 Å². The van der Waals surface area contributed by atoms with Crippen molar-refractivity contribution in [1.82, 2.24) is 4.90 Å². The zero-order valence-corrected chi connectivity index (χ0v) is 14.9. The molecule has 2 aromatic carbocycles. The molecule has 1 saturated heterocycles. The van der Waals surface area contributed by atoms with Gasteiger partial charge in [-0.2, -0.15) is 0 Å². The third-order valence-electron chi connectivity index (χ3n) is 4.60. The van der Waals surface area contributed by atoms with Gasteiger partial charge in [0, 0.05) is 18.2 Å². The van der Waals surface area contributed by atoms with Gasteiger partial charge in [0.25, 0.3) is 0 Å². The van der Waals surface area contributed by atoms with Crippen molar-refractivity contribution in [3.63, 3.8) is 0 Å². The maximum absolute atomic E-state index is 13.3. The minimum atomic E-state index is -0.320. The first-order valence-electron chi connectivity index (χ1n) is 8.58. The van der Waals surface area contributed by atoms with Gasteiger partial charge in [-0.1, -0.05) is 12.1 Å². The molecular weight excluding hydrogens is 333 g/mol. The van der Waals surface area contributed by atoms with Crippen LogP contribution in [0.25, 0.3) is 6.08 Å². The summed E-state index contributed by atoms with van der Waals surface area (Å²) in [6.45, 7) is 0.678. The molecule has 0 saturated carbocycles. The van der Waals surface area contributed by atoms with Crippen molar-refractivity contribution >= 4 is 12.0 Å². The SMILES string of the molecule is COc1ccc(OC)c(C2CCCN2C(=O)C=Cc2cccc(F)c2)c1. The quantitative estimate of drug-likeness (QED) is 0.754. The summed E-state index contributed by atoms with van der Waals surface area (Å²) >= 11 is 0. The molecule has 0 bridgehead atoms. The van der Waals surface area contributed by atoms with Gasteiger partial charge in [0.05, 0.1) is 20.3 Å². The number of carbonyl (C=O) groups excluding carboxylic acids is 1. The Bertz CT molecular complexity index is 819. The number of hydrogen-bond donors (Lipinski definition) is 0. The van der Waals surface area contributed by atoms with Crippen molar-refractivity contribution < 1.29 is 18.7 Å². The number of methoxy groups -OCH3 is 2. The lowest BCUT2D eigenvalue weighted by Crippen LogP contribution is -2.29. The van der Waals surface area contributed by atoms with Crippen LogP contribution in [0.3, 0.4) is 0 Å². The molecule has 0 spiro atoms. The molecule has 1 atom stereocenters. The molecule has 3 rings (SSSR count). The second kappa shape index (κ2) is 8.04. The molecule has 5 heteroatoms. The molecular formula is C21H22FNO3. The van der Waals surface area contributed by atoms with Crippen molar-refractivity contribution in [3.8, 4) is 11.5 Å². The van der Waals surface area contributed by atoms with Crippen LogP contribution < -0.4 is 9.47 Å². The van der Waals surface area contributed by atoms with Crippen LogP contribution in [0.1, 0.15) is 30.0 Å². The summed E-state index contributed by atoms with van der Waals surface area (Å²) in [6.07, 6.45) is 4.93. The van der Waals surface area contributed by atoms with Gasteiger partial charge in [0.15, 0.2) is 0 Å². The number of ether oxygens (including phenoxy) is 2. The zero-order valence-electron chi connectivity index (χ0n) is 14.9. The van der Waals surface area contributed by atoms with Gasteiger partial charge in [0.1, 0.15) is 17.3 Å². The molecule has 1 heterocycles. The first kappa shape index (κ1) is 18.0. The Balaban J connectivity index is 1.83. The highest BCUT2D eigenvalue weighted by molar-refractivity contribution is 5.92. The molecule has 4 nitrogen and oxygen atoms in total. The maximum atomic E-state index is 13.3. The van der Waals surface area contributed by atoms with E-state index < -0.39 is 0 Å². The zero-order chi connectivity index (χ0) is 18.5.